The van der Waals surface area contributed by atoms with Crippen molar-refractivity contribution in [1.82, 2.24) is 5.32 Å². The summed E-state index contributed by atoms with van der Waals surface area (Å²) < 4.78 is 10.4. The second-order valence-corrected chi connectivity index (χ2v) is 7.67. The van der Waals surface area contributed by atoms with Crippen molar-refractivity contribution in [2.45, 2.75) is 38.7 Å². The maximum absolute atomic E-state index is 12.3. The second-order valence-electron chi connectivity index (χ2n) is 7.67. The molecule has 2 aliphatic rings. The summed E-state index contributed by atoms with van der Waals surface area (Å²) in [6.45, 7) is 4.25. The molecule has 29 heavy (non-hydrogen) atoms. The molecule has 158 valence electrons. The summed E-state index contributed by atoms with van der Waals surface area (Å²) in [4.78, 5) is 37.2. The van der Waals surface area contributed by atoms with Gasteiger partial charge in [0, 0.05) is 32.3 Å². The molecule has 1 amide bonds. The van der Waals surface area contributed by atoms with E-state index in [-0.39, 0.29) is 17.4 Å². The van der Waals surface area contributed by atoms with E-state index in [4.69, 9.17) is 9.47 Å². The molecule has 9 nitrogen and oxygen atoms in total. The molecule has 0 saturated carbocycles. The third-order valence-electron chi connectivity index (χ3n) is 5.29. The SMILES string of the molecule is CC1CCCN(c2ccc(C(=O)OCC(=O)NCC3CCCO3)cc2[N+](=O)[O-])C1. The predicted molar refractivity (Wildman–Crippen MR) is 106 cm³/mol. The van der Waals surface area contributed by atoms with Crippen LogP contribution in [0, 0.1) is 16.0 Å². The van der Waals surface area contributed by atoms with Crippen molar-refractivity contribution in [2.24, 2.45) is 5.92 Å². The standard InChI is InChI=1S/C20H27N3O6/c1-14-4-2-8-22(12-14)17-7-6-15(10-18(17)23(26)27)20(25)29-13-19(24)21-11-16-5-3-9-28-16/h6-7,10,14,16H,2-5,8-9,11-13H2,1H3,(H,21,24). The lowest BCUT2D eigenvalue weighted by molar-refractivity contribution is -0.384. The molecule has 2 fully saturated rings. The van der Waals surface area contributed by atoms with Gasteiger partial charge in [0.15, 0.2) is 6.61 Å². The van der Waals surface area contributed by atoms with Crippen LogP contribution in [0.4, 0.5) is 11.4 Å². The summed E-state index contributed by atoms with van der Waals surface area (Å²) >= 11 is 0. The zero-order valence-electron chi connectivity index (χ0n) is 16.6. The van der Waals surface area contributed by atoms with Gasteiger partial charge in [-0.15, -0.1) is 0 Å². The molecule has 0 bridgehead atoms. The Bertz CT molecular complexity index is 763. The number of nitro benzene ring substituents is 1. The van der Waals surface area contributed by atoms with Crippen molar-refractivity contribution in [3.63, 3.8) is 0 Å². The molecule has 9 heteroatoms. The van der Waals surface area contributed by atoms with Gasteiger partial charge in [-0.05, 0) is 43.7 Å². The predicted octanol–water partition coefficient (Wildman–Crippen LogP) is 2.28. The molecule has 2 unspecified atom stereocenters. The van der Waals surface area contributed by atoms with Gasteiger partial charge in [0.2, 0.25) is 0 Å². The van der Waals surface area contributed by atoms with E-state index in [0.717, 1.165) is 38.8 Å². The van der Waals surface area contributed by atoms with Gasteiger partial charge >= 0.3 is 5.97 Å². The number of nitro groups is 1. The number of carbonyl (C=O) groups is 2. The fourth-order valence-electron chi connectivity index (χ4n) is 3.77. The number of esters is 1. The zero-order valence-corrected chi connectivity index (χ0v) is 16.6. The minimum Gasteiger partial charge on any atom is -0.452 e. The first-order valence-electron chi connectivity index (χ1n) is 10.0. The highest BCUT2D eigenvalue weighted by molar-refractivity contribution is 5.93. The second kappa shape index (κ2) is 9.69. The van der Waals surface area contributed by atoms with Gasteiger partial charge in [0.05, 0.1) is 16.6 Å². The van der Waals surface area contributed by atoms with E-state index in [1.165, 1.54) is 12.1 Å². The summed E-state index contributed by atoms with van der Waals surface area (Å²) in [6.07, 6.45) is 3.95. The van der Waals surface area contributed by atoms with E-state index < -0.39 is 23.4 Å². The minimum atomic E-state index is -0.765. The lowest BCUT2D eigenvalue weighted by atomic mass is 9.99. The van der Waals surface area contributed by atoms with Crippen LogP contribution in [0.1, 0.15) is 43.0 Å². The van der Waals surface area contributed by atoms with Crippen LogP contribution in [-0.2, 0) is 14.3 Å². The van der Waals surface area contributed by atoms with Crippen molar-refractivity contribution >= 4 is 23.3 Å². The van der Waals surface area contributed by atoms with Crippen molar-refractivity contribution < 1.29 is 24.0 Å². The fourth-order valence-corrected chi connectivity index (χ4v) is 3.77. The molecule has 0 spiro atoms. The first-order chi connectivity index (χ1) is 13.9. The monoisotopic (exact) mass is 405 g/mol. The number of nitrogens with zero attached hydrogens (tertiary/aromatic N) is 2. The number of hydrogen-bond donors (Lipinski definition) is 1. The molecule has 1 aromatic rings. The van der Waals surface area contributed by atoms with Crippen molar-refractivity contribution in [1.29, 1.82) is 0 Å². The number of piperidine rings is 1. The van der Waals surface area contributed by atoms with Gasteiger partial charge < -0.3 is 19.7 Å². The van der Waals surface area contributed by atoms with E-state index in [9.17, 15) is 19.7 Å². The van der Waals surface area contributed by atoms with Crippen LogP contribution in [0.3, 0.4) is 0 Å². The van der Waals surface area contributed by atoms with Crippen LogP contribution in [-0.4, -0.2) is 55.8 Å². The fraction of sp³-hybridized carbons (Fsp3) is 0.600. The van der Waals surface area contributed by atoms with Crippen molar-refractivity contribution in [3.05, 3.63) is 33.9 Å². The van der Waals surface area contributed by atoms with Crippen LogP contribution in [0.5, 0.6) is 0 Å². The zero-order chi connectivity index (χ0) is 20.8. The highest BCUT2D eigenvalue weighted by Gasteiger charge is 2.25. The van der Waals surface area contributed by atoms with Gasteiger partial charge in [0.25, 0.3) is 11.6 Å². The normalized spacial score (nSPS) is 21.6. The number of nitrogens with one attached hydrogen (secondary N) is 1. The first kappa shape index (κ1) is 21.0. The highest BCUT2D eigenvalue weighted by Crippen LogP contribution is 2.32. The molecular weight excluding hydrogens is 378 g/mol. The van der Waals surface area contributed by atoms with Crippen molar-refractivity contribution in [3.8, 4) is 0 Å². The topological polar surface area (TPSA) is 111 Å². The van der Waals surface area contributed by atoms with Crippen LogP contribution < -0.4 is 10.2 Å². The van der Waals surface area contributed by atoms with Crippen LogP contribution in [0.15, 0.2) is 18.2 Å². The molecule has 2 atom stereocenters. The summed E-state index contributed by atoms with van der Waals surface area (Å²) in [6, 6.07) is 4.32. The molecule has 1 aromatic carbocycles. The number of benzene rings is 1. The van der Waals surface area contributed by atoms with E-state index >= 15 is 0 Å². The number of rotatable bonds is 7. The molecular formula is C20H27N3O6. The van der Waals surface area contributed by atoms with Gasteiger partial charge in [0.1, 0.15) is 5.69 Å². The highest BCUT2D eigenvalue weighted by atomic mass is 16.6. The molecule has 2 aliphatic heterocycles. The summed E-state index contributed by atoms with van der Waals surface area (Å²) in [5.74, 6) is -0.734. The maximum Gasteiger partial charge on any atom is 0.338 e. The number of anilines is 1. The number of hydrogen-bond acceptors (Lipinski definition) is 7. The lowest BCUT2D eigenvalue weighted by Crippen LogP contribution is -2.35. The number of ether oxygens (including phenoxy) is 2. The Morgan fingerprint density at radius 2 is 2.17 bits per heavy atom. The molecule has 0 aromatic heterocycles. The Hall–Kier alpha value is -2.68. The Morgan fingerprint density at radius 3 is 2.86 bits per heavy atom. The van der Waals surface area contributed by atoms with Crippen molar-refractivity contribution in [2.75, 3.05) is 37.7 Å². The third kappa shape index (κ3) is 5.66. The minimum absolute atomic E-state index is 0.00218. The summed E-state index contributed by atoms with van der Waals surface area (Å²) in [5, 5.41) is 14.2. The van der Waals surface area contributed by atoms with Gasteiger partial charge in [-0.1, -0.05) is 6.92 Å². The van der Waals surface area contributed by atoms with Gasteiger partial charge in [-0.3, -0.25) is 14.9 Å². The van der Waals surface area contributed by atoms with Gasteiger partial charge in [-0.2, -0.15) is 0 Å². The van der Waals surface area contributed by atoms with E-state index in [0.29, 0.717) is 24.8 Å². The smallest absolute Gasteiger partial charge is 0.338 e. The van der Waals surface area contributed by atoms with E-state index in [1.807, 2.05) is 4.90 Å². The van der Waals surface area contributed by atoms with Crippen LogP contribution >= 0.6 is 0 Å². The Labute approximate surface area is 169 Å². The molecule has 0 radical (unpaired) electrons. The molecule has 3 rings (SSSR count). The summed E-state index contributed by atoms with van der Waals surface area (Å²) in [7, 11) is 0. The number of amides is 1. The average molecular weight is 405 g/mol. The third-order valence-corrected chi connectivity index (χ3v) is 5.29. The molecule has 1 N–H and O–H groups in total. The Kier molecular flexibility index (Phi) is 7.03. The molecule has 2 saturated heterocycles. The maximum atomic E-state index is 12.3. The average Bonchev–Trinajstić information content (AvgIpc) is 3.23. The van der Waals surface area contributed by atoms with Gasteiger partial charge in [-0.25, -0.2) is 4.79 Å². The number of carbonyl (C=O) groups excluding carboxylic acids is 2. The molecule has 2 heterocycles. The molecule has 0 aliphatic carbocycles. The lowest BCUT2D eigenvalue weighted by Gasteiger charge is -2.32. The van der Waals surface area contributed by atoms with E-state index in [1.54, 1.807) is 6.07 Å². The Balaban J connectivity index is 1.59. The van der Waals surface area contributed by atoms with E-state index in [2.05, 4.69) is 12.2 Å². The Morgan fingerprint density at radius 1 is 1.34 bits per heavy atom. The largest absolute Gasteiger partial charge is 0.452 e. The quantitative estimate of drug-likeness (QED) is 0.421. The van der Waals surface area contributed by atoms with Crippen LogP contribution in [0.25, 0.3) is 0 Å². The van der Waals surface area contributed by atoms with Crippen LogP contribution in [0.2, 0.25) is 0 Å². The summed E-state index contributed by atoms with van der Waals surface area (Å²) in [5.41, 5.74) is 0.432. The first-order valence-corrected chi connectivity index (χ1v) is 10.0.